The quantitative estimate of drug-likeness (QED) is 0.142. The number of rotatable bonds is 13. The second-order valence-corrected chi connectivity index (χ2v) is 10.7. The average Bonchev–Trinajstić information content (AvgIpc) is 3.02. The van der Waals surface area contributed by atoms with Crippen molar-refractivity contribution in [3.63, 3.8) is 0 Å². The first kappa shape index (κ1) is 26.2. The van der Waals surface area contributed by atoms with E-state index < -0.39 is 54.7 Å². The molecule has 1 saturated heterocycles. The Balaban J connectivity index is 2.84. The van der Waals surface area contributed by atoms with Gasteiger partial charge in [0, 0.05) is 0 Å². The molecule has 1 heterocycles. The third kappa shape index (κ3) is 7.10. The van der Waals surface area contributed by atoms with E-state index in [0.717, 1.165) is 14.2 Å². The number of hydrogen-bond acceptors (Lipinski definition) is 14. The first-order valence-corrected chi connectivity index (χ1v) is 12.0. The van der Waals surface area contributed by atoms with Gasteiger partial charge in [0.05, 0.1) is 0 Å². The van der Waals surface area contributed by atoms with E-state index >= 15 is 0 Å². The topological polar surface area (TPSA) is 226 Å². The molecular weight excluding hydrogens is 465 g/mol. The van der Waals surface area contributed by atoms with Crippen molar-refractivity contribution in [3.05, 3.63) is 22.0 Å². The molecule has 1 fully saturated rings. The third-order valence-electron chi connectivity index (χ3n) is 3.48. The van der Waals surface area contributed by atoms with Gasteiger partial charge in [-0.3, -0.25) is 0 Å². The van der Waals surface area contributed by atoms with Crippen molar-refractivity contribution in [2.75, 3.05) is 20.8 Å². The van der Waals surface area contributed by atoms with Crippen molar-refractivity contribution < 1.29 is 55.5 Å². The maximum atomic E-state index is 11.9. The number of phosphoric acid groups is 2. The van der Waals surface area contributed by atoms with E-state index in [0.29, 0.717) is 0 Å². The number of phosphoric ester groups is 1. The first-order valence-electron chi connectivity index (χ1n) is 7.36. The van der Waals surface area contributed by atoms with Crippen LogP contribution < -0.4 is 0 Å². The van der Waals surface area contributed by atoms with Gasteiger partial charge in [-0.25, -0.2) is 0 Å². The van der Waals surface area contributed by atoms with E-state index in [1.165, 1.54) is 0 Å². The number of nitrogens with zero attached hydrogens (tertiary/aromatic N) is 2. The number of carbonyl (C=O) groups is 1. The summed E-state index contributed by atoms with van der Waals surface area (Å²) >= 11 is 0. The maximum absolute atomic E-state index is 11.9. The normalized spacial score (nSPS) is 29.4. The summed E-state index contributed by atoms with van der Waals surface area (Å²) in [6.07, 6.45) is -2.54. The summed E-state index contributed by atoms with van der Waals surface area (Å²) in [4.78, 5) is 61.4. The van der Waals surface area contributed by atoms with Crippen LogP contribution in [0.1, 0.15) is 0 Å². The molecule has 168 valence electrons. The Labute approximate surface area is 163 Å². The van der Waals surface area contributed by atoms with Crippen LogP contribution in [-0.4, -0.2) is 66.1 Å². The fraction of sp³-hybridized carbons (Fsp3) is 0.700. The molecule has 0 radical (unpaired) electrons. The third-order valence-corrected chi connectivity index (χ3v) is 8.48. The Kier molecular flexibility index (Phi) is 9.43. The molecular formula is C10H19N2O14P3. The molecule has 3 N–H and O–H groups in total. The minimum absolute atomic E-state index is 0.245. The van der Waals surface area contributed by atoms with Crippen molar-refractivity contribution in [3.8, 4) is 0 Å². The fourth-order valence-electron chi connectivity index (χ4n) is 2.15. The van der Waals surface area contributed by atoms with Crippen LogP contribution in [0, 0.1) is 9.81 Å². The van der Waals surface area contributed by atoms with Crippen LogP contribution in [0.5, 0.6) is 0 Å². The Morgan fingerprint density at radius 2 is 1.72 bits per heavy atom. The van der Waals surface area contributed by atoms with E-state index in [2.05, 4.69) is 39.1 Å². The molecule has 0 amide bonds. The predicted molar refractivity (Wildman–Crippen MR) is 95.4 cm³/mol. The van der Waals surface area contributed by atoms with Gasteiger partial charge in [-0.05, 0) is 0 Å². The molecule has 1 aliphatic rings. The fourth-order valence-corrected chi connectivity index (χ4v) is 6.08. The van der Waals surface area contributed by atoms with Gasteiger partial charge in [0.25, 0.3) is 0 Å². The van der Waals surface area contributed by atoms with Crippen molar-refractivity contribution in [2.24, 2.45) is 10.4 Å². The van der Waals surface area contributed by atoms with Crippen molar-refractivity contribution in [1.29, 1.82) is 0 Å². The van der Waals surface area contributed by atoms with Gasteiger partial charge in [0.15, 0.2) is 0 Å². The molecule has 0 aliphatic carbocycles. The zero-order valence-corrected chi connectivity index (χ0v) is 17.7. The summed E-state index contributed by atoms with van der Waals surface area (Å²) in [6.45, 7) is 2.38. The Hall–Kier alpha value is -0.860. The molecule has 19 heteroatoms. The van der Waals surface area contributed by atoms with Crippen molar-refractivity contribution in [1.82, 2.24) is 0 Å². The van der Waals surface area contributed by atoms with E-state index in [9.17, 15) is 38.4 Å². The number of aldehydes is 1. The standard InChI is InChI=1S/C10H19N2O14P3/c1-6(4-13)10-9(12-15)8(11-14)7(24-10)5-23-27(16,17)25-28(18,19)26-29(20,21-2)22-3/h4,7-10,20,29H,1,5H2,2-3H3,(H,16,17)(H,18,19). The van der Waals surface area contributed by atoms with E-state index in [1.807, 2.05) is 0 Å². The first-order chi connectivity index (χ1) is 13.4. The van der Waals surface area contributed by atoms with Crippen LogP contribution in [0.4, 0.5) is 0 Å². The molecule has 0 bridgehead atoms. The SMILES string of the molecule is C=C(C=O)C1OC(COP(=O)(O)OP(=O)(O)O[PH](O)(OC)OC)C(N=O)C1N=O. The second kappa shape index (κ2) is 10.4. The molecule has 16 nitrogen and oxygen atoms in total. The summed E-state index contributed by atoms with van der Waals surface area (Å²) in [7, 11) is -13.7. The van der Waals surface area contributed by atoms with E-state index in [-0.39, 0.29) is 11.9 Å². The van der Waals surface area contributed by atoms with Gasteiger partial charge in [-0.15, -0.1) is 0 Å². The van der Waals surface area contributed by atoms with E-state index in [1.54, 1.807) is 0 Å². The predicted octanol–water partition coefficient (Wildman–Crippen LogP) is 0.724. The Morgan fingerprint density at radius 1 is 1.17 bits per heavy atom. The molecule has 1 aliphatic heterocycles. The summed E-state index contributed by atoms with van der Waals surface area (Å²) in [5, 5.41) is 5.27. The van der Waals surface area contributed by atoms with Gasteiger partial charge in [0.1, 0.15) is 0 Å². The second-order valence-electron chi connectivity index (χ2n) is 5.32. The van der Waals surface area contributed by atoms with Crippen LogP contribution in [-0.2, 0) is 40.9 Å². The molecule has 0 saturated carbocycles. The number of ether oxygens (including phenoxy) is 1. The summed E-state index contributed by atoms with van der Waals surface area (Å²) < 4.78 is 50.2. The van der Waals surface area contributed by atoms with Crippen LogP contribution in [0.3, 0.4) is 0 Å². The Morgan fingerprint density at radius 3 is 2.17 bits per heavy atom. The zero-order valence-electron chi connectivity index (χ0n) is 14.9. The van der Waals surface area contributed by atoms with Gasteiger partial charge in [-0.2, -0.15) is 0 Å². The van der Waals surface area contributed by atoms with Crippen molar-refractivity contribution in [2.45, 2.75) is 24.3 Å². The Bertz CT molecular complexity index is 728. The molecule has 1 rings (SSSR count). The van der Waals surface area contributed by atoms with Gasteiger partial charge in [-0.1, -0.05) is 0 Å². The van der Waals surface area contributed by atoms with Gasteiger partial charge < -0.3 is 0 Å². The minimum atomic E-state index is -5.43. The van der Waals surface area contributed by atoms with Crippen LogP contribution >= 0.6 is 23.8 Å². The molecule has 6 unspecified atom stereocenters. The number of hydrogen-bond donors (Lipinski definition) is 3. The van der Waals surface area contributed by atoms with Crippen LogP contribution in [0.25, 0.3) is 0 Å². The molecule has 6 atom stereocenters. The van der Waals surface area contributed by atoms with Crippen LogP contribution in [0.2, 0.25) is 0 Å². The van der Waals surface area contributed by atoms with E-state index in [4.69, 9.17) is 4.74 Å². The molecule has 0 aromatic carbocycles. The van der Waals surface area contributed by atoms with Crippen LogP contribution in [0.15, 0.2) is 22.5 Å². The monoisotopic (exact) mass is 484 g/mol. The number of nitroso groups, excluding NO2 is 2. The van der Waals surface area contributed by atoms with Gasteiger partial charge in [0.2, 0.25) is 0 Å². The summed E-state index contributed by atoms with van der Waals surface area (Å²) in [5.74, 6) is 0. The zero-order chi connectivity index (χ0) is 22.5. The molecule has 0 aromatic rings. The molecule has 29 heavy (non-hydrogen) atoms. The van der Waals surface area contributed by atoms with Gasteiger partial charge >= 0.3 is 163 Å². The van der Waals surface area contributed by atoms with Crippen molar-refractivity contribution >= 4 is 30.1 Å². The molecule has 0 aromatic heterocycles. The molecule has 0 spiro atoms. The summed E-state index contributed by atoms with van der Waals surface area (Å²) in [6, 6.07) is -2.99. The summed E-state index contributed by atoms with van der Waals surface area (Å²) in [5.41, 5.74) is -0.245. The average molecular weight is 484 g/mol. The number of carbonyl (C=O) groups excluding carboxylic acids is 1.